The molecule has 0 aromatic rings. The molecule has 2 fully saturated rings. The highest BCUT2D eigenvalue weighted by molar-refractivity contribution is 5.73. The molecule has 2 N–H and O–H groups in total. The van der Waals surface area contributed by atoms with Gasteiger partial charge in [-0.1, -0.05) is 6.42 Å². The molecular weight excluding hydrogens is 164 g/mol. The van der Waals surface area contributed by atoms with Gasteiger partial charge in [0.15, 0.2) is 0 Å². The van der Waals surface area contributed by atoms with Crippen LogP contribution in [0.4, 0.5) is 4.79 Å². The Kier molecular flexibility index (Phi) is 2.42. The fourth-order valence-corrected chi connectivity index (χ4v) is 2.94. The zero-order valence-electron chi connectivity index (χ0n) is 8.18. The summed E-state index contributed by atoms with van der Waals surface area (Å²) >= 11 is 0. The smallest absolute Gasteiger partial charge is 0.314 e. The van der Waals surface area contributed by atoms with Crippen LogP contribution in [0.5, 0.6) is 0 Å². The second kappa shape index (κ2) is 3.56. The Balaban J connectivity index is 1.74. The number of carbonyl (C=O) groups is 1. The van der Waals surface area contributed by atoms with Crippen molar-refractivity contribution in [3.63, 3.8) is 0 Å². The molecule has 2 aliphatic carbocycles. The topological polar surface area (TPSA) is 41.1 Å². The van der Waals surface area contributed by atoms with Gasteiger partial charge in [0.2, 0.25) is 0 Å². The van der Waals surface area contributed by atoms with E-state index in [1.54, 1.807) is 7.05 Å². The summed E-state index contributed by atoms with van der Waals surface area (Å²) in [5.41, 5.74) is 0. The highest BCUT2D eigenvalue weighted by Crippen LogP contribution is 2.47. The van der Waals surface area contributed by atoms with Crippen LogP contribution in [0, 0.1) is 17.8 Å². The molecule has 2 amide bonds. The molecule has 0 heterocycles. The molecule has 0 spiro atoms. The summed E-state index contributed by atoms with van der Waals surface area (Å²) in [5.74, 6) is 2.64. The monoisotopic (exact) mass is 182 g/mol. The minimum Gasteiger partial charge on any atom is -0.341 e. The van der Waals surface area contributed by atoms with Crippen LogP contribution in [-0.2, 0) is 0 Å². The quantitative estimate of drug-likeness (QED) is 0.665. The Bertz CT molecular complexity index is 205. The minimum atomic E-state index is -0.0391. The zero-order valence-corrected chi connectivity index (χ0v) is 8.18. The van der Waals surface area contributed by atoms with E-state index in [-0.39, 0.29) is 6.03 Å². The van der Waals surface area contributed by atoms with Crippen LogP contribution in [0.2, 0.25) is 0 Å². The second-order valence-corrected chi connectivity index (χ2v) is 4.39. The minimum absolute atomic E-state index is 0.0391. The van der Waals surface area contributed by atoms with Crippen molar-refractivity contribution in [2.45, 2.75) is 25.7 Å². The van der Waals surface area contributed by atoms with Crippen LogP contribution < -0.4 is 10.6 Å². The van der Waals surface area contributed by atoms with Crippen LogP contribution in [0.25, 0.3) is 0 Å². The van der Waals surface area contributed by atoms with E-state index in [0.29, 0.717) is 0 Å². The summed E-state index contributed by atoms with van der Waals surface area (Å²) in [5, 5.41) is 5.49. The van der Waals surface area contributed by atoms with Crippen molar-refractivity contribution in [2.24, 2.45) is 17.8 Å². The van der Waals surface area contributed by atoms with E-state index in [0.717, 1.165) is 24.3 Å². The highest BCUT2D eigenvalue weighted by Gasteiger charge is 2.39. The molecule has 3 nitrogen and oxygen atoms in total. The molecule has 0 aromatic carbocycles. The van der Waals surface area contributed by atoms with Crippen LogP contribution in [0.3, 0.4) is 0 Å². The number of fused-ring (bicyclic) bond motifs is 2. The average Bonchev–Trinajstić information content (AvgIpc) is 2.74. The summed E-state index contributed by atoms with van der Waals surface area (Å²) in [6.07, 6.45) is 5.58. The summed E-state index contributed by atoms with van der Waals surface area (Å²) < 4.78 is 0. The van der Waals surface area contributed by atoms with Gasteiger partial charge in [-0.25, -0.2) is 4.79 Å². The normalized spacial score (nSPS) is 36.2. The van der Waals surface area contributed by atoms with Crippen molar-refractivity contribution in [1.82, 2.24) is 10.6 Å². The first-order valence-corrected chi connectivity index (χ1v) is 5.25. The number of nitrogens with one attached hydrogen (secondary N) is 2. The fourth-order valence-electron chi connectivity index (χ4n) is 2.94. The lowest BCUT2D eigenvalue weighted by Crippen LogP contribution is -2.37. The molecule has 3 heteroatoms. The van der Waals surface area contributed by atoms with Crippen molar-refractivity contribution < 1.29 is 4.79 Å². The number of carbonyl (C=O) groups excluding carboxylic acids is 1. The van der Waals surface area contributed by atoms with Gasteiger partial charge in [0.25, 0.3) is 0 Å². The zero-order chi connectivity index (χ0) is 9.26. The van der Waals surface area contributed by atoms with Gasteiger partial charge in [0, 0.05) is 13.6 Å². The predicted molar refractivity (Wildman–Crippen MR) is 51.4 cm³/mol. The van der Waals surface area contributed by atoms with Gasteiger partial charge < -0.3 is 10.6 Å². The Morgan fingerprint density at radius 3 is 2.77 bits per heavy atom. The summed E-state index contributed by atoms with van der Waals surface area (Å²) in [4.78, 5) is 11.0. The number of rotatable bonds is 2. The standard InChI is InChI=1S/C10H18N2O/c1-11-10(13)12-6-9-5-7-2-3-8(9)4-7/h7-9H,2-6H2,1H3,(H2,11,12,13). The van der Waals surface area contributed by atoms with Gasteiger partial charge in [-0.05, 0) is 37.0 Å². The summed E-state index contributed by atoms with van der Waals surface area (Å²) in [6, 6.07) is -0.0391. The number of amides is 2. The molecule has 0 aromatic heterocycles. The van der Waals surface area contributed by atoms with Crippen LogP contribution in [0.15, 0.2) is 0 Å². The Morgan fingerprint density at radius 1 is 1.38 bits per heavy atom. The first kappa shape index (κ1) is 8.85. The number of urea groups is 1. The fraction of sp³-hybridized carbons (Fsp3) is 0.900. The van der Waals surface area contributed by atoms with Gasteiger partial charge in [-0.3, -0.25) is 0 Å². The third-order valence-electron chi connectivity index (χ3n) is 3.64. The molecule has 2 bridgehead atoms. The molecule has 13 heavy (non-hydrogen) atoms. The van der Waals surface area contributed by atoms with Gasteiger partial charge >= 0.3 is 6.03 Å². The van der Waals surface area contributed by atoms with E-state index in [9.17, 15) is 4.79 Å². The van der Waals surface area contributed by atoms with Gasteiger partial charge in [0.1, 0.15) is 0 Å². The Labute approximate surface area is 79.3 Å². The second-order valence-electron chi connectivity index (χ2n) is 4.39. The molecule has 0 radical (unpaired) electrons. The van der Waals surface area contributed by atoms with Crippen LogP contribution >= 0.6 is 0 Å². The first-order valence-electron chi connectivity index (χ1n) is 5.25. The van der Waals surface area contributed by atoms with Gasteiger partial charge in [-0.15, -0.1) is 0 Å². The Hall–Kier alpha value is -0.730. The van der Waals surface area contributed by atoms with E-state index in [2.05, 4.69) is 10.6 Å². The van der Waals surface area contributed by atoms with E-state index in [1.165, 1.54) is 25.7 Å². The van der Waals surface area contributed by atoms with Gasteiger partial charge in [-0.2, -0.15) is 0 Å². The van der Waals surface area contributed by atoms with E-state index in [1.807, 2.05) is 0 Å². The third kappa shape index (κ3) is 1.79. The highest BCUT2D eigenvalue weighted by atomic mass is 16.2. The maximum absolute atomic E-state index is 11.0. The molecule has 74 valence electrons. The summed E-state index contributed by atoms with van der Waals surface area (Å²) in [7, 11) is 1.66. The lowest BCUT2D eigenvalue weighted by molar-refractivity contribution is 0.236. The predicted octanol–water partition coefficient (Wildman–Crippen LogP) is 1.35. The molecule has 0 saturated heterocycles. The van der Waals surface area contributed by atoms with Crippen molar-refractivity contribution in [3.8, 4) is 0 Å². The maximum Gasteiger partial charge on any atom is 0.314 e. The molecule has 2 rings (SSSR count). The molecule has 2 aliphatic rings. The molecule has 2 saturated carbocycles. The van der Waals surface area contributed by atoms with Crippen molar-refractivity contribution in [3.05, 3.63) is 0 Å². The van der Waals surface area contributed by atoms with E-state index in [4.69, 9.17) is 0 Å². The van der Waals surface area contributed by atoms with E-state index < -0.39 is 0 Å². The van der Waals surface area contributed by atoms with Crippen molar-refractivity contribution >= 4 is 6.03 Å². The molecule has 3 unspecified atom stereocenters. The molecular formula is C10H18N2O. The molecule has 3 atom stereocenters. The van der Waals surface area contributed by atoms with Crippen LogP contribution in [0.1, 0.15) is 25.7 Å². The van der Waals surface area contributed by atoms with Gasteiger partial charge in [0.05, 0.1) is 0 Å². The number of hydrogen-bond acceptors (Lipinski definition) is 1. The lowest BCUT2D eigenvalue weighted by atomic mass is 9.89. The van der Waals surface area contributed by atoms with Crippen LogP contribution in [-0.4, -0.2) is 19.6 Å². The first-order chi connectivity index (χ1) is 6.29. The third-order valence-corrected chi connectivity index (χ3v) is 3.64. The van der Waals surface area contributed by atoms with E-state index >= 15 is 0 Å². The summed E-state index contributed by atoms with van der Waals surface area (Å²) in [6.45, 7) is 0.876. The average molecular weight is 182 g/mol. The maximum atomic E-state index is 11.0. The van der Waals surface area contributed by atoms with Crippen molar-refractivity contribution in [2.75, 3.05) is 13.6 Å². The Morgan fingerprint density at radius 2 is 2.23 bits per heavy atom. The SMILES string of the molecule is CNC(=O)NCC1CC2CCC1C2. The molecule has 0 aliphatic heterocycles. The lowest BCUT2D eigenvalue weighted by Gasteiger charge is -2.21. The van der Waals surface area contributed by atoms with Crippen molar-refractivity contribution in [1.29, 1.82) is 0 Å². The number of hydrogen-bond donors (Lipinski definition) is 2. The largest absolute Gasteiger partial charge is 0.341 e.